The molecular weight excluding hydrogens is 488 g/mol. The molecular formula is C32H36N4O3. The Bertz CT molecular complexity index is 1300. The minimum atomic E-state index is -0.462. The lowest BCUT2D eigenvalue weighted by Gasteiger charge is -2.48. The molecule has 2 fully saturated rings. The van der Waals surface area contributed by atoms with Crippen LogP contribution in [0.15, 0.2) is 72.9 Å². The summed E-state index contributed by atoms with van der Waals surface area (Å²) in [5.74, 6) is 1.38. The van der Waals surface area contributed by atoms with Crippen LogP contribution in [-0.4, -0.2) is 65.9 Å². The first-order valence-corrected chi connectivity index (χ1v) is 14.2. The molecule has 0 bridgehead atoms. The molecule has 0 radical (unpaired) electrons. The molecule has 0 spiro atoms. The van der Waals surface area contributed by atoms with Gasteiger partial charge in [0.2, 0.25) is 5.91 Å². The van der Waals surface area contributed by atoms with Gasteiger partial charge in [0.05, 0.1) is 19.1 Å². The third-order valence-electron chi connectivity index (χ3n) is 8.63. The maximum absolute atomic E-state index is 14.5. The lowest BCUT2D eigenvalue weighted by Crippen LogP contribution is -2.55. The van der Waals surface area contributed by atoms with Crippen molar-refractivity contribution in [2.24, 2.45) is 0 Å². The van der Waals surface area contributed by atoms with Crippen LogP contribution in [0.1, 0.15) is 65.5 Å². The molecule has 3 aliphatic rings. The zero-order valence-electron chi connectivity index (χ0n) is 22.5. The summed E-state index contributed by atoms with van der Waals surface area (Å²) in [4.78, 5) is 39.4. The highest BCUT2D eigenvalue weighted by Crippen LogP contribution is 2.46. The number of benzene rings is 2. The fourth-order valence-electron chi connectivity index (χ4n) is 6.63. The van der Waals surface area contributed by atoms with E-state index >= 15 is 0 Å². The summed E-state index contributed by atoms with van der Waals surface area (Å²) >= 11 is 0. The Balaban J connectivity index is 1.38. The molecule has 2 aromatic carbocycles. The molecule has 39 heavy (non-hydrogen) atoms. The quantitative estimate of drug-likeness (QED) is 0.467. The number of nitrogens with zero attached hydrogens (tertiary/aromatic N) is 4. The van der Waals surface area contributed by atoms with Crippen molar-refractivity contribution >= 4 is 17.6 Å². The van der Waals surface area contributed by atoms with Crippen molar-refractivity contribution in [3.8, 4) is 5.75 Å². The molecule has 1 saturated carbocycles. The molecule has 7 nitrogen and oxygen atoms in total. The van der Waals surface area contributed by atoms with E-state index < -0.39 is 5.92 Å². The van der Waals surface area contributed by atoms with Gasteiger partial charge in [-0.1, -0.05) is 55.7 Å². The molecule has 2 aliphatic heterocycles. The number of hydrogen-bond acceptors (Lipinski definition) is 5. The van der Waals surface area contributed by atoms with Gasteiger partial charge in [0.25, 0.3) is 5.91 Å². The molecule has 0 unspecified atom stereocenters. The van der Waals surface area contributed by atoms with Crippen molar-refractivity contribution in [2.45, 2.75) is 50.1 Å². The number of rotatable bonds is 5. The molecule has 1 saturated heterocycles. The Labute approximate surface area is 230 Å². The summed E-state index contributed by atoms with van der Waals surface area (Å²) < 4.78 is 5.43. The standard InChI is InChI=1S/C32H36N4O3/c1-39-25-16-14-23(15-17-25)30-29(32(38)35-21-19-34(20-22-35)28-13-7-8-18-33-28)26-11-5-6-12-27(26)31(37)36(30)24-9-3-2-4-10-24/h5-8,11-18,24,29-30H,2-4,9-10,19-22H2,1H3/t29-,30+/m0/s1. The van der Waals surface area contributed by atoms with Crippen molar-refractivity contribution in [1.29, 1.82) is 0 Å². The average Bonchev–Trinajstić information content (AvgIpc) is 3.01. The SMILES string of the molecule is COc1ccc([C@@H]2[C@@H](C(=O)N3CCN(c4ccccn4)CC3)c3ccccc3C(=O)N2C2CCCCC2)cc1. The van der Waals surface area contributed by atoms with Gasteiger partial charge in [-0.3, -0.25) is 9.59 Å². The minimum absolute atomic E-state index is 0.0438. The lowest BCUT2D eigenvalue weighted by atomic mass is 9.77. The van der Waals surface area contributed by atoms with Gasteiger partial charge in [0.15, 0.2) is 0 Å². The van der Waals surface area contributed by atoms with Crippen LogP contribution in [0, 0.1) is 0 Å². The van der Waals surface area contributed by atoms with Crippen LogP contribution in [0.2, 0.25) is 0 Å². The lowest BCUT2D eigenvalue weighted by molar-refractivity contribution is -0.135. The fourth-order valence-corrected chi connectivity index (χ4v) is 6.63. The number of carbonyl (C=O) groups excluding carboxylic acids is 2. The first-order chi connectivity index (χ1) is 19.2. The van der Waals surface area contributed by atoms with Crippen molar-refractivity contribution in [1.82, 2.24) is 14.8 Å². The predicted molar refractivity (Wildman–Crippen MR) is 151 cm³/mol. The summed E-state index contributed by atoms with van der Waals surface area (Å²) in [7, 11) is 1.65. The normalized spacial score (nSPS) is 22.0. The molecule has 7 heteroatoms. The van der Waals surface area contributed by atoms with Crippen LogP contribution >= 0.6 is 0 Å². The van der Waals surface area contributed by atoms with Gasteiger partial charge in [-0.05, 0) is 54.3 Å². The number of pyridine rings is 1. The number of aromatic nitrogens is 1. The monoisotopic (exact) mass is 524 g/mol. The Morgan fingerprint density at radius 2 is 1.59 bits per heavy atom. The number of methoxy groups -OCH3 is 1. The zero-order chi connectivity index (χ0) is 26.8. The predicted octanol–water partition coefficient (Wildman–Crippen LogP) is 5.05. The largest absolute Gasteiger partial charge is 0.497 e. The molecule has 6 rings (SSSR count). The Hall–Kier alpha value is -3.87. The Morgan fingerprint density at radius 1 is 0.872 bits per heavy atom. The molecule has 3 heterocycles. The highest BCUT2D eigenvalue weighted by molar-refractivity contribution is 6.01. The van der Waals surface area contributed by atoms with E-state index in [0.29, 0.717) is 18.7 Å². The second-order valence-corrected chi connectivity index (χ2v) is 10.8. The van der Waals surface area contributed by atoms with Crippen molar-refractivity contribution < 1.29 is 14.3 Å². The van der Waals surface area contributed by atoms with Gasteiger partial charge in [-0.15, -0.1) is 0 Å². The summed E-state index contributed by atoms with van der Waals surface area (Å²) in [6.07, 6.45) is 7.18. The third kappa shape index (κ3) is 4.86. The van der Waals surface area contributed by atoms with E-state index in [9.17, 15) is 9.59 Å². The third-order valence-corrected chi connectivity index (χ3v) is 8.63. The molecule has 2 amide bonds. The molecule has 1 aromatic heterocycles. The highest BCUT2D eigenvalue weighted by Gasteiger charge is 2.48. The number of piperazine rings is 1. The maximum atomic E-state index is 14.5. The van der Waals surface area contributed by atoms with E-state index in [1.807, 2.05) is 77.8 Å². The highest BCUT2D eigenvalue weighted by atomic mass is 16.5. The van der Waals surface area contributed by atoms with E-state index in [2.05, 4.69) is 14.8 Å². The van der Waals surface area contributed by atoms with Crippen molar-refractivity contribution in [3.05, 3.63) is 89.6 Å². The minimum Gasteiger partial charge on any atom is -0.497 e. The average molecular weight is 525 g/mol. The van der Waals surface area contributed by atoms with Crippen LogP contribution < -0.4 is 9.64 Å². The number of ether oxygens (including phenoxy) is 1. The number of fused-ring (bicyclic) bond motifs is 1. The summed E-state index contributed by atoms with van der Waals surface area (Å²) in [6.45, 7) is 2.72. The summed E-state index contributed by atoms with van der Waals surface area (Å²) in [6, 6.07) is 21.4. The van der Waals surface area contributed by atoms with E-state index in [0.717, 1.165) is 61.5 Å². The zero-order valence-corrected chi connectivity index (χ0v) is 22.5. The van der Waals surface area contributed by atoms with Gasteiger partial charge in [-0.25, -0.2) is 4.98 Å². The first-order valence-electron chi connectivity index (χ1n) is 14.2. The maximum Gasteiger partial charge on any atom is 0.254 e. The smallest absolute Gasteiger partial charge is 0.254 e. The molecule has 2 atom stereocenters. The number of hydrogen-bond donors (Lipinski definition) is 0. The number of amides is 2. The topological polar surface area (TPSA) is 66.0 Å². The van der Waals surface area contributed by atoms with E-state index in [4.69, 9.17) is 4.74 Å². The van der Waals surface area contributed by atoms with Gasteiger partial charge in [0.1, 0.15) is 11.6 Å². The molecule has 202 valence electrons. The van der Waals surface area contributed by atoms with Crippen molar-refractivity contribution in [3.63, 3.8) is 0 Å². The molecule has 1 aliphatic carbocycles. The molecule has 0 N–H and O–H groups in total. The van der Waals surface area contributed by atoms with Gasteiger partial charge >= 0.3 is 0 Å². The first kappa shape index (κ1) is 25.4. The van der Waals surface area contributed by atoms with Gasteiger partial charge in [0, 0.05) is 44.0 Å². The summed E-state index contributed by atoms with van der Waals surface area (Å²) in [5, 5.41) is 0. The Morgan fingerprint density at radius 3 is 2.28 bits per heavy atom. The molecule has 3 aromatic rings. The van der Waals surface area contributed by atoms with E-state index in [-0.39, 0.29) is 23.9 Å². The van der Waals surface area contributed by atoms with E-state index in [1.165, 1.54) is 6.42 Å². The van der Waals surface area contributed by atoms with Crippen LogP contribution in [0.4, 0.5) is 5.82 Å². The van der Waals surface area contributed by atoms with Crippen LogP contribution in [0.3, 0.4) is 0 Å². The second-order valence-electron chi connectivity index (χ2n) is 10.8. The van der Waals surface area contributed by atoms with Crippen molar-refractivity contribution in [2.75, 3.05) is 38.2 Å². The van der Waals surface area contributed by atoms with Gasteiger partial charge < -0.3 is 19.4 Å². The van der Waals surface area contributed by atoms with Crippen LogP contribution in [-0.2, 0) is 4.79 Å². The Kier molecular flexibility index (Phi) is 7.22. The van der Waals surface area contributed by atoms with Gasteiger partial charge in [-0.2, -0.15) is 0 Å². The second kappa shape index (κ2) is 11.1. The number of anilines is 1. The van der Waals surface area contributed by atoms with Crippen LogP contribution in [0.5, 0.6) is 5.75 Å². The van der Waals surface area contributed by atoms with E-state index in [1.54, 1.807) is 7.11 Å². The summed E-state index contributed by atoms with van der Waals surface area (Å²) in [5.41, 5.74) is 2.49. The van der Waals surface area contributed by atoms with Crippen LogP contribution in [0.25, 0.3) is 0 Å². The fraction of sp³-hybridized carbons (Fsp3) is 0.406. The number of carbonyl (C=O) groups is 2.